The van der Waals surface area contributed by atoms with Crippen LogP contribution in [0.1, 0.15) is 31.4 Å². The third kappa shape index (κ3) is 3.71. The standard InChI is InChI=1S/C19H25N/c1-15(2)12-13-20(18-8-6-5-7-9-18)19-11-10-16(3)14-17(19)4/h5-11,14-15H,12-13H2,1-4H3/p+1. The number of aryl methyl sites for hydroxylation is 2. The SMILES string of the molecule is Cc1ccc([NH+](CCC(C)C)c2ccccc2)c(C)c1. The van der Waals surface area contributed by atoms with Crippen molar-refractivity contribution in [3.8, 4) is 0 Å². The first-order chi connectivity index (χ1) is 9.58. The van der Waals surface area contributed by atoms with E-state index in [2.05, 4.69) is 76.2 Å². The third-order valence-electron chi connectivity index (χ3n) is 3.80. The molecule has 0 heterocycles. The van der Waals surface area contributed by atoms with Crippen LogP contribution in [0, 0.1) is 19.8 Å². The highest BCUT2D eigenvalue weighted by Gasteiger charge is 2.17. The molecule has 0 spiro atoms. The molecule has 106 valence electrons. The summed E-state index contributed by atoms with van der Waals surface area (Å²) in [5, 5.41) is 0. The number of benzene rings is 2. The van der Waals surface area contributed by atoms with E-state index in [1.165, 1.54) is 33.8 Å². The summed E-state index contributed by atoms with van der Waals surface area (Å²) >= 11 is 0. The fourth-order valence-electron chi connectivity index (χ4n) is 2.66. The minimum Gasteiger partial charge on any atom is -0.270 e. The maximum atomic E-state index is 2.30. The number of quaternary nitrogens is 1. The Balaban J connectivity index is 2.35. The number of hydrogen-bond donors (Lipinski definition) is 1. The van der Waals surface area contributed by atoms with E-state index in [-0.39, 0.29) is 0 Å². The van der Waals surface area contributed by atoms with Crippen LogP contribution in [0.15, 0.2) is 48.5 Å². The second kappa shape index (κ2) is 6.71. The second-order valence-corrected chi connectivity index (χ2v) is 6.10. The number of rotatable bonds is 5. The van der Waals surface area contributed by atoms with Crippen molar-refractivity contribution in [2.45, 2.75) is 34.1 Å². The highest BCUT2D eigenvalue weighted by molar-refractivity contribution is 5.45. The van der Waals surface area contributed by atoms with Crippen LogP contribution in [-0.2, 0) is 0 Å². The van der Waals surface area contributed by atoms with Crippen molar-refractivity contribution in [1.82, 2.24) is 0 Å². The summed E-state index contributed by atoms with van der Waals surface area (Å²) in [6, 6.07) is 17.6. The van der Waals surface area contributed by atoms with Gasteiger partial charge in [-0.1, -0.05) is 49.7 Å². The lowest BCUT2D eigenvalue weighted by Gasteiger charge is -2.21. The van der Waals surface area contributed by atoms with Gasteiger partial charge in [-0.05, 0) is 38.3 Å². The average Bonchev–Trinajstić information content (AvgIpc) is 2.42. The van der Waals surface area contributed by atoms with E-state index in [0.717, 1.165) is 12.5 Å². The molecule has 0 bridgehead atoms. The highest BCUT2D eigenvalue weighted by atomic mass is 15.1. The van der Waals surface area contributed by atoms with Gasteiger partial charge in [0.15, 0.2) is 0 Å². The molecule has 0 aliphatic heterocycles. The Hall–Kier alpha value is -1.60. The Morgan fingerprint density at radius 2 is 1.65 bits per heavy atom. The molecule has 1 unspecified atom stereocenters. The Morgan fingerprint density at radius 3 is 2.25 bits per heavy atom. The molecule has 0 aliphatic rings. The van der Waals surface area contributed by atoms with Crippen LogP contribution in [0.2, 0.25) is 0 Å². The Morgan fingerprint density at radius 1 is 0.950 bits per heavy atom. The molecule has 0 saturated carbocycles. The highest BCUT2D eigenvalue weighted by Crippen LogP contribution is 2.15. The molecule has 1 heteroatoms. The van der Waals surface area contributed by atoms with Crippen LogP contribution in [0.5, 0.6) is 0 Å². The van der Waals surface area contributed by atoms with Crippen LogP contribution in [-0.4, -0.2) is 6.54 Å². The van der Waals surface area contributed by atoms with Gasteiger partial charge in [0, 0.05) is 11.6 Å². The van der Waals surface area contributed by atoms with E-state index in [4.69, 9.17) is 0 Å². The maximum Gasteiger partial charge on any atom is 0.139 e. The Labute approximate surface area is 123 Å². The molecule has 1 N–H and O–H groups in total. The normalized spacial score (nSPS) is 12.7. The van der Waals surface area contributed by atoms with Gasteiger partial charge in [0.25, 0.3) is 0 Å². The number of para-hydroxylation sites is 1. The smallest absolute Gasteiger partial charge is 0.139 e. The van der Waals surface area contributed by atoms with Crippen molar-refractivity contribution in [3.63, 3.8) is 0 Å². The van der Waals surface area contributed by atoms with Gasteiger partial charge in [-0.25, -0.2) is 0 Å². The molecule has 0 radical (unpaired) electrons. The predicted molar refractivity (Wildman–Crippen MR) is 87.0 cm³/mol. The molecule has 2 rings (SSSR count). The average molecular weight is 268 g/mol. The molecule has 1 atom stereocenters. The molecule has 0 aromatic heterocycles. The zero-order valence-corrected chi connectivity index (χ0v) is 13.1. The summed E-state index contributed by atoms with van der Waals surface area (Å²) in [4.78, 5) is 1.48. The quantitative estimate of drug-likeness (QED) is 0.829. The Kier molecular flexibility index (Phi) is 4.97. The molecule has 2 aromatic rings. The summed E-state index contributed by atoms with van der Waals surface area (Å²) in [6.07, 6.45) is 1.23. The van der Waals surface area contributed by atoms with Crippen LogP contribution in [0.4, 0.5) is 11.4 Å². The summed E-state index contributed by atoms with van der Waals surface area (Å²) in [6.45, 7) is 10.1. The molecular formula is C19H26N+. The monoisotopic (exact) mass is 268 g/mol. The van der Waals surface area contributed by atoms with Crippen molar-refractivity contribution in [1.29, 1.82) is 0 Å². The Bertz CT molecular complexity index is 543. The fraction of sp³-hybridized carbons (Fsp3) is 0.368. The summed E-state index contributed by atoms with van der Waals surface area (Å²) in [5.41, 5.74) is 5.48. The van der Waals surface area contributed by atoms with Crippen LogP contribution < -0.4 is 4.90 Å². The van der Waals surface area contributed by atoms with Crippen LogP contribution in [0.3, 0.4) is 0 Å². The van der Waals surface area contributed by atoms with Crippen LogP contribution >= 0.6 is 0 Å². The van der Waals surface area contributed by atoms with E-state index < -0.39 is 0 Å². The van der Waals surface area contributed by atoms with Crippen molar-refractivity contribution < 1.29 is 4.90 Å². The van der Waals surface area contributed by atoms with Gasteiger partial charge in [0.1, 0.15) is 11.4 Å². The molecule has 0 saturated heterocycles. The van der Waals surface area contributed by atoms with E-state index in [9.17, 15) is 0 Å². The minimum absolute atomic E-state index is 0.736. The number of hydrogen-bond acceptors (Lipinski definition) is 0. The predicted octanol–water partition coefficient (Wildman–Crippen LogP) is 4.20. The lowest BCUT2D eigenvalue weighted by atomic mass is 10.1. The molecule has 1 nitrogen and oxygen atoms in total. The van der Waals surface area contributed by atoms with Crippen molar-refractivity contribution in [2.24, 2.45) is 5.92 Å². The fourth-order valence-corrected chi connectivity index (χ4v) is 2.66. The first-order valence-electron chi connectivity index (χ1n) is 7.57. The van der Waals surface area contributed by atoms with E-state index in [0.29, 0.717) is 0 Å². The van der Waals surface area contributed by atoms with E-state index in [1.807, 2.05) is 0 Å². The molecule has 0 fully saturated rings. The second-order valence-electron chi connectivity index (χ2n) is 6.10. The lowest BCUT2D eigenvalue weighted by molar-refractivity contribution is -0.761. The minimum atomic E-state index is 0.736. The van der Waals surface area contributed by atoms with E-state index >= 15 is 0 Å². The number of nitrogens with one attached hydrogen (secondary N) is 1. The molecule has 2 aromatic carbocycles. The van der Waals surface area contributed by atoms with Crippen molar-refractivity contribution >= 4 is 11.4 Å². The van der Waals surface area contributed by atoms with Gasteiger partial charge >= 0.3 is 0 Å². The largest absolute Gasteiger partial charge is 0.270 e. The lowest BCUT2D eigenvalue weighted by Crippen LogP contribution is -3.02. The van der Waals surface area contributed by atoms with Crippen molar-refractivity contribution in [3.05, 3.63) is 59.7 Å². The van der Waals surface area contributed by atoms with Gasteiger partial charge in [-0.3, -0.25) is 4.90 Å². The molecule has 20 heavy (non-hydrogen) atoms. The van der Waals surface area contributed by atoms with Crippen LogP contribution in [0.25, 0.3) is 0 Å². The first-order valence-corrected chi connectivity index (χ1v) is 7.57. The van der Waals surface area contributed by atoms with Crippen molar-refractivity contribution in [2.75, 3.05) is 6.54 Å². The first kappa shape index (κ1) is 14.8. The van der Waals surface area contributed by atoms with Gasteiger partial charge in [-0.2, -0.15) is 0 Å². The van der Waals surface area contributed by atoms with Gasteiger partial charge in [-0.15, -0.1) is 0 Å². The summed E-state index contributed by atoms with van der Waals surface area (Å²) < 4.78 is 0. The van der Waals surface area contributed by atoms with Gasteiger partial charge < -0.3 is 0 Å². The van der Waals surface area contributed by atoms with Gasteiger partial charge in [0.05, 0.1) is 6.54 Å². The zero-order valence-electron chi connectivity index (χ0n) is 13.1. The molecule has 0 amide bonds. The summed E-state index contributed by atoms with van der Waals surface area (Å²) in [5.74, 6) is 0.736. The van der Waals surface area contributed by atoms with E-state index in [1.54, 1.807) is 0 Å². The van der Waals surface area contributed by atoms with Gasteiger partial charge in [0.2, 0.25) is 0 Å². The third-order valence-corrected chi connectivity index (χ3v) is 3.80. The zero-order chi connectivity index (χ0) is 14.5. The maximum absolute atomic E-state index is 2.30. The summed E-state index contributed by atoms with van der Waals surface area (Å²) in [7, 11) is 0. The topological polar surface area (TPSA) is 4.44 Å². The molecular weight excluding hydrogens is 242 g/mol. The molecule has 0 aliphatic carbocycles.